The fraction of sp³-hybridized carbons (Fsp3) is 0.484. The summed E-state index contributed by atoms with van der Waals surface area (Å²) in [5.74, 6) is 0.576. The van der Waals surface area contributed by atoms with Gasteiger partial charge in [-0.2, -0.15) is 0 Å². The predicted molar refractivity (Wildman–Crippen MR) is 148 cm³/mol. The van der Waals surface area contributed by atoms with Crippen molar-refractivity contribution in [3.8, 4) is 11.5 Å². The molecular formula is C31H40N2O5. The maximum atomic E-state index is 13.4. The quantitative estimate of drug-likeness (QED) is 0.249. The molecule has 0 radical (unpaired) electrons. The number of likely N-dealkylation sites (tertiary alicyclic amines) is 1. The number of benzene rings is 2. The molecule has 2 aliphatic rings. The molecule has 0 spiro atoms. The molecule has 2 aromatic rings. The van der Waals surface area contributed by atoms with Crippen molar-refractivity contribution in [1.82, 2.24) is 9.80 Å². The minimum atomic E-state index is -0.706. The SMILES string of the molecule is CCN(CC)CCN1C(=O)C(=O)/C(=C(\O)c2ccc3c(c2)CC(C)O3)C1c1cccc(OCCC(C)C)c1. The first-order valence-corrected chi connectivity index (χ1v) is 13.8. The molecule has 1 saturated heterocycles. The highest BCUT2D eigenvalue weighted by Gasteiger charge is 2.46. The number of carbonyl (C=O) groups excluding carboxylic acids is 2. The van der Waals surface area contributed by atoms with Gasteiger partial charge in [-0.3, -0.25) is 9.59 Å². The topological polar surface area (TPSA) is 79.3 Å². The number of hydrogen-bond donors (Lipinski definition) is 1. The van der Waals surface area contributed by atoms with Gasteiger partial charge in [-0.25, -0.2) is 0 Å². The first kappa shape index (κ1) is 27.7. The number of aliphatic hydroxyl groups excluding tert-OH is 1. The molecule has 1 fully saturated rings. The van der Waals surface area contributed by atoms with Crippen LogP contribution in [0.3, 0.4) is 0 Å². The van der Waals surface area contributed by atoms with Crippen LogP contribution in [-0.4, -0.2) is 65.5 Å². The van der Waals surface area contributed by atoms with Crippen LogP contribution in [0, 0.1) is 5.92 Å². The lowest BCUT2D eigenvalue weighted by Crippen LogP contribution is -2.38. The normalized spacial score (nSPS) is 20.3. The van der Waals surface area contributed by atoms with E-state index in [4.69, 9.17) is 9.47 Å². The first-order valence-electron chi connectivity index (χ1n) is 13.8. The van der Waals surface area contributed by atoms with Gasteiger partial charge >= 0.3 is 0 Å². The number of rotatable bonds is 11. The van der Waals surface area contributed by atoms with Crippen molar-refractivity contribution < 1.29 is 24.2 Å². The van der Waals surface area contributed by atoms with Gasteiger partial charge in [0.05, 0.1) is 18.2 Å². The lowest BCUT2D eigenvalue weighted by atomic mass is 9.94. The number of Topliss-reactive ketones (excluding diaryl/α,β-unsaturated/α-hetero) is 1. The van der Waals surface area contributed by atoms with Gasteiger partial charge in [0.1, 0.15) is 23.4 Å². The minimum Gasteiger partial charge on any atom is -0.507 e. The Balaban J connectivity index is 1.74. The van der Waals surface area contributed by atoms with Gasteiger partial charge in [-0.1, -0.05) is 39.8 Å². The lowest BCUT2D eigenvalue weighted by molar-refractivity contribution is -0.140. The molecule has 0 aliphatic carbocycles. The second-order valence-corrected chi connectivity index (χ2v) is 10.6. The smallest absolute Gasteiger partial charge is 0.295 e. The van der Waals surface area contributed by atoms with Crippen LogP contribution in [-0.2, 0) is 16.0 Å². The third kappa shape index (κ3) is 5.88. The summed E-state index contributed by atoms with van der Waals surface area (Å²) < 4.78 is 11.8. The second-order valence-electron chi connectivity index (χ2n) is 10.6. The molecule has 2 atom stereocenters. The van der Waals surface area contributed by atoms with E-state index >= 15 is 0 Å². The number of ketones is 1. The standard InChI is InChI=1S/C31H40N2O5/c1-6-32(7-2)14-15-33-28(22-9-8-10-25(19-22)37-16-13-20(3)4)27(30(35)31(33)36)29(34)23-11-12-26-24(18-23)17-21(5)38-26/h8-12,18-21,28,34H,6-7,13-17H2,1-5H3/b29-27-. The molecule has 2 heterocycles. The molecule has 4 rings (SSSR count). The molecule has 7 nitrogen and oxygen atoms in total. The summed E-state index contributed by atoms with van der Waals surface area (Å²) in [7, 11) is 0. The number of aliphatic hydroxyl groups is 1. The zero-order valence-electron chi connectivity index (χ0n) is 23.2. The number of ether oxygens (including phenoxy) is 2. The van der Waals surface area contributed by atoms with Crippen LogP contribution in [0.2, 0.25) is 0 Å². The van der Waals surface area contributed by atoms with E-state index in [0.717, 1.165) is 42.8 Å². The zero-order valence-corrected chi connectivity index (χ0v) is 23.2. The average Bonchev–Trinajstić information content (AvgIpc) is 3.39. The Labute approximate surface area is 226 Å². The van der Waals surface area contributed by atoms with Crippen LogP contribution < -0.4 is 9.47 Å². The van der Waals surface area contributed by atoms with Crippen LogP contribution >= 0.6 is 0 Å². The molecule has 1 N–H and O–H groups in total. The largest absolute Gasteiger partial charge is 0.507 e. The molecule has 0 aromatic heterocycles. The summed E-state index contributed by atoms with van der Waals surface area (Å²) in [5, 5.41) is 11.5. The predicted octanol–water partition coefficient (Wildman–Crippen LogP) is 5.20. The Hall–Kier alpha value is -3.32. The summed E-state index contributed by atoms with van der Waals surface area (Å²) in [4.78, 5) is 30.6. The highest BCUT2D eigenvalue weighted by atomic mass is 16.5. The van der Waals surface area contributed by atoms with E-state index in [-0.39, 0.29) is 17.4 Å². The van der Waals surface area contributed by atoms with Crippen molar-refractivity contribution >= 4 is 17.4 Å². The van der Waals surface area contributed by atoms with Gasteiger partial charge in [0, 0.05) is 25.1 Å². The molecule has 0 bridgehead atoms. The molecule has 2 aromatic carbocycles. The molecule has 0 saturated carbocycles. The van der Waals surface area contributed by atoms with E-state index in [9.17, 15) is 14.7 Å². The van der Waals surface area contributed by atoms with Crippen molar-refractivity contribution in [2.75, 3.05) is 32.8 Å². The van der Waals surface area contributed by atoms with Crippen LogP contribution in [0.5, 0.6) is 11.5 Å². The van der Waals surface area contributed by atoms with Gasteiger partial charge in [-0.15, -0.1) is 0 Å². The first-order chi connectivity index (χ1) is 18.2. The maximum absolute atomic E-state index is 13.4. The van der Waals surface area contributed by atoms with Gasteiger partial charge in [-0.05, 0) is 73.8 Å². The van der Waals surface area contributed by atoms with Gasteiger partial charge in [0.15, 0.2) is 0 Å². The van der Waals surface area contributed by atoms with E-state index < -0.39 is 17.7 Å². The third-order valence-electron chi connectivity index (χ3n) is 7.40. The van der Waals surface area contributed by atoms with E-state index in [0.29, 0.717) is 36.9 Å². The number of hydrogen-bond acceptors (Lipinski definition) is 6. The zero-order chi connectivity index (χ0) is 27.4. The van der Waals surface area contributed by atoms with Crippen LogP contribution in [0.25, 0.3) is 5.76 Å². The maximum Gasteiger partial charge on any atom is 0.295 e. The van der Waals surface area contributed by atoms with E-state index in [1.54, 1.807) is 11.0 Å². The Kier molecular flexibility index (Phi) is 8.77. The number of likely N-dealkylation sites (N-methyl/N-ethyl adjacent to an activating group) is 1. The summed E-state index contributed by atoms with van der Waals surface area (Å²) in [6, 6.07) is 12.3. The van der Waals surface area contributed by atoms with Crippen molar-refractivity contribution in [3.05, 3.63) is 64.7 Å². The summed E-state index contributed by atoms with van der Waals surface area (Å²) in [5.41, 5.74) is 2.35. The molecule has 2 unspecified atom stereocenters. The molecule has 1 amide bonds. The van der Waals surface area contributed by atoms with Crippen molar-refractivity contribution in [2.45, 2.75) is 59.6 Å². The summed E-state index contributed by atoms with van der Waals surface area (Å²) >= 11 is 0. The van der Waals surface area contributed by atoms with Crippen molar-refractivity contribution in [1.29, 1.82) is 0 Å². The van der Waals surface area contributed by atoms with Crippen molar-refractivity contribution in [2.24, 2.45) is 5.92 Å². The van der Waals surface area contributed by atoms with Gasteiger partial charge in [0.2, 0.25) is 0 Å². The number of nitrogens with zero attached hydrogens (tertiary/aromatic N) is 2. The van der Waals surface area contributed by atoms with Crippen LogP contribution in [0.4, 0.5) is 0 Å². The number of carbonyl (C=O) groups is 2. The minimum absolute atomic E-state index is 0.0616. The van der Waals surface area contributed by atoms with Gasteiger partial charge in [0.25, 0.3) is 11.7 Å². The monoisotopic (exact) mass is 520 g/mol. The summed E-state index contributed by atoms with van der Waals surface area (Å²) in [6.45, 7) is 13.7. The third-order valence-corrected chi connectivity index (χ3v) is 7.40. The molecule has 7 heteroatoms. The Morgan fingerprint density at radius 3 is 2.63 bits per heavy atom. The lowest BCUT2D eigenvalue weighted by Gasteiger charge is -2.28. The van der Waals surface area contributed by atoms with Crippen molar-refractivity contribution in [3.63, 3.8) is 0 Å². The van der Waals surface area contributed by atoms with E-state index in [1.807, 2.05) is 43.3 Å². The van der Waals surface area contributed by atoms with E-state index in [1.165, 1.54) is 0 Å². The molecule has 204 valence electrons. The fourth-order valence-corrected chi connectivity index (χ4v) is 5.16. The number of fused-ring (bicyclic) bond motifs is 1. The highest BCUT2D eigenvalue weighted by Crippen LogP contribution is 2.41. The summed E-state index contributed by atoms with van der Waals surface area (Å²) in [6.07, 6.45) is 1.72. The highest BCUT2D eigenvalue weighted by molar-refractivity contribution is 6.46. The van der Waals surface area contributed by atoms with Crippen LogP contribution in [0.15, 0.2) is 48.0 Å². The van der Waals surface area contributed by atoms with Crippen LogP contribution in [0.1, 0.15) is 63.8 Å². The number of amides is 1. The molecule has 38 heavy (non-hydrogen) atoms. The Bertz CT molecular complexity index is 1200. The fourth-order valence-electron chi connectivity index (χ4n) is 5.16. The molecular weight excluding hydrogens is 480 g/mol. The Morgan fingerprint density at radius 1 is 1.16 bits per heavy atom. The van der Waals surface area contributed by atoms with E-state index in [2.05, 4.69) is 32.6 Å². The van der Waals surface area contributed by atoms with Gasteiger partial charge < -0.3 is 24.4 Å². The molecule has 2 aliphatic heterocycles. The Morgan fingerprint density at radius 2 is 1.92 bits per heavy atom. The second kappa shape index (κ2) is 12.0. The average molecular weight is 521 g/mol.